The summed E-state index contributed by atoms with van der Waals surface area (Å²) in [6, 6.07) is 9.39. The van der Waals surface area contributed by atoms with Gasteiger partial charge in [-0.2, -0.15) is 0 Å². The molecule has 1 saturated heterocycles. The monoisotopic (exact) mass is 444 g/mol. The van der Waals surface area contributed by atoms with Crippen molar-refractivity contribution >= 4 is 31.6 Å². The number of hydrogen-bond acceptors (Lipinski definition) is 3. The Morgan fingerprint density at radius 1 is 1.04 bits per heavy atom. The summed E-state index contributed by atoms with van der Waals surface area (Å²) in [7, 11) is -2.04. The largest absolute Gasteiger partial charge is 0.306 e. The van der Waals surface area contributed by atoms with Crippen LogP contribution in [0.1, 0.15) is 12.8 Å². The Hall–Kier alpha value is -1.51. The molecule has 2 aromatic rings. The number of rotatable bonds is 4. The number of hydrogen-bond donors (Lipinski definition) is 0. The van der Waals surface area contributed by atoms with E-state index in [2.05, 4.69) is 20.8 Å². The molecule has 0 aromatic heterocycles. The molecule has 3 rings (SSSR count). The molecule has 140 valence electrons. The molecule has 1 fully saturated rings. The van der Waals surface area contributed by atoms with Crippen LogP contribution in [-0.2, 0) is 10.0 Å². The van der Waals surface area contributed by atoms with Crippen LogP contribution in [0.5, 0.6) is 0 Å². The van der Waals surface area contributed by atoms with Gasteiger partial charge in [0.05, 0.1) is 10.6 Å². The van der Waals surface area contributed by atoms with Crippen molar-refractivity contribution in [3.63, 3.8) is 0 Å². The molecule has 0 unspecified atom stereocenters. The van der Waals surface area contributed by atoms with Gasteiger partial charge in [0.15, 0.2) is 11.6 Å². The fourth-order valence-electron chi connectivity index (χ4n) is 3.11. The van der Waals surface area contributed by atoms with Gasteiger partial charge in [0.25, 0.3) is 10.0 Å². The standard InChI is InChI=1S/C18H19BrF2N2O2S/c1-22-10-8-15(9-11-22)23(14-4-2-13(19)3-5-14)26(24,25)16-6-7-17(20)18(21)12-16/h2-7,12,15H,8-11H2,1H3. The van der Waals surface area contributed by atoms with Crippen LogP contribution in [-0.4, -0.2) is 39.5 Å². The fourth-order valence-corrected chi connectivity index (χ4v) is 5.10. The zero-order valence-electron chi connectivity index (χ0n) is 14.2. The van der Waals surface area contributed by atoms with Crippen LogP contribution >= 0.6 is 15.9 Å². The SMILES string of the molecule is CN1CCC(N(c2ccc(Br)cc2)S(=O)(=O)c2ccc(F)c(F)c2)CC1. The van der Waals surface area contributed by atoms with Crippen molar-refractivity contribution in [3.05, 3.63) is 58.6 Å². The van der Waals surface area contributed by atoms with Crippen molar-refractivity contribution < 1.29 is 17.2 Å². The fraction of sp³-hybridized carbons (Fsp3) is 0.333. The zero-order chi connectivity index (χ0) is 18.9. The number of halogens is 3. The maximum Gasteiger partial charge on any atom is 0.264 e. The summed E-state index contributed by atoms with van der Waals surface area (Å²) in [6.45, 7) is 1.54. The molecule has 26 heavy (non-hydrogen) atoms. The number of anilines is 1. The van der Waals surface area contributed by atoms with Gasteiger partial charge in [-0.05, 0) is 75.4 Å². The summed E-state index contributed by atoms with van der Waals surface area (Å²) in [5.74, 6) is -2.25. The van der Waals surface area contributed by atoms with E-state index in [-0.39, 0.29) is 10.9 Å². The van der Waals surface area contributed by atoms with Crippen LogP contribution in [0.4, 0.5) is 14.5 Å². The first-order valence-electron chi connectivity index (χ1n) is 8.22. The maximum atomic E-state index is 13.7. The molecule has 1 aliphatic heterocycles. The average molecular weight is 445 g/mol. The van der Waals surface area contributed by atoms with Crippen molar-refractivity contribution in [1.82, 2.24) is 4.90 Å². The van der Waals surface area contributed by atoms with E-state index in [1.807, 2.05) is 7.05 Å². The van der Waals surface area contributed by atoms with E-state index in [0.29, 0.717) is 18.5 Å². The molecule has 0 atom stereocenters. The Morgan fingerprint density at radius 3 is 2.23 bits per heavy atom. The van der Waals surface area contributed by atoms with E-state index in [1.54, 1.807) is 24.3 Å². The molecule has 8 heteroatoms. The highest BCUT2D eigenvalue weighted by atomic mass is 79.9. The minimum absolute atomic E-state index is 0.245. The number of nitrogens with zero attached hydrogens (tertiary/aromatic N) is 2. The molecule has 2 aromatic carbocycles. The Kier molecular flexibility index (Phi) is 5.64. The first-order valence-corrected chi connectivity index (χ1v) is 10.5. The van der Waals surface area contributed by atoms with Gasteiger partial charge in [-0.3, -0.25) is 4.31 Å². The van der Waals surface area contributed by atoms with E-state index in [1.165, 1.54) is 4.31 Å². The van der Waals surface area contributed by atoms with Crippen LogP contribution in [0.3, 0.4) is 0 Å². The minimum Gasteiger partial charge on any atom is -0.306 e. The van der Waals surface area contributed by atoms with Crippen LogP contribution in [0.2, 0.25) is 0 Å². The Bertz CT molecular complexity index is 883. The van der Waals surface area contributed by atoms with Gasteiger partial charge >= 0.3 is 0 Å². The lowest BCUT2D eigenvalue weighted by molar-refractivity contribution is 0.257. The Morgan fingerprint density at radius 2 is 1.65 bits per heavy atom. The summed E-state index contributed by atoms with van der Waals surface area (Å²) >= 11 is 3.35. The molecular weight excluding hydrogens is 426 g/mol. The molecule has 0 aliphatic carbocycles. The second-order valence-electron chi connectivity index (χ2n) is 6.39. The third kappa shape index (κ3) is 3.92. The van der Waals surface area contributed by atoms with E-state index in [0.717, 1.165) is 35.8 Å². The molecule has 0 radical (unpaired) electrons. The quantitative estimate of drug-likeness (QED) is 0.714. The van der Waals surface area contributed by atoms with E-state index in [9.17, 15) is 17.2 Å². The Balaban J connectivity index is 2.06. The molecule has 0 saturated carbocycles. The van der Waals surface area contributed by atoms with Crippen LogP contribution in [0.15, 0.2) is 51.8 Å². The first kappa shape index (κ1) is 19.3. The highest BCUT2D eigenvalue weighted by Gasteiger charge is 2.34. The topological polar surface area (TPSA) is 40.6 Å². The van der Waals surface area contributed by atoms with Gasteiger partial charge in [-0.1, -0.05) is 15.9 Å². The minimum atomic E-state index is -4.03. The number of benzene rings is 2. The normalized spacial score (nSPS) is 16.6. The van der Waals surface area contributed by atoms with Gasteiger partial charge in [-0.25, -0.2) is 17.2 Å². The molecule has 0 bridgehead atoms. The molecule has 1 heterocycles. The summed E-state index contributed by atoms with van der Waals surface area (Å²) in [4.78, 5) is 1.89. The van der Waals surface area contributed by atoms with Crippen molar-refractivity contribution in [2.75, 3.05) is 24.4 Å². The van der Waals surface area contributed by atoms with Crippen molar-refractivity contribution in [1.29, 1.82) is 0 Å². The molecule has 1 aliphatic rings. The predicted octanol–water partition coefficient (Wildman–Crippen LogP) is 4.02. The van der Waals surface area contributed by atoms with Gasteiger partial charge in [0.1, 0.15) is 0 Å². The van der Waals surface area contributed by atoms with Crippen LogP contribution < -0.4 is 4.31 Å². The van der Waals surface area contributed by atoms with E-state index in [4.69, 9.17) is 0 Å². The smallest absolute Gasteiger partial charge is 0.264 e. The second kappa shape index (κ2) is 7.62. The number of piperidine rings is 1. The van der Waals surface area contributed by atoms with Gasteiger partial charge in [0, 0.05) is 10.5 Å². The van der Waals surface area contributed by atoms with Crippen LogP contribution in [0.25, 0.3) is 0 Å². The zero-order valence-corrected chi connectivity index (χ0v) is 16.6. The van der Waals surface area contributed by atoms with Gasteiger partial charge in [-0.15, -0.1) is 0 Å². The summed E-state index contributed by atoms with van der Waals surface area (Å²) in [5, 5.41) is 0. The van der Waals surface area contributed by atoms with Gasteiger partial charge < -0.3 is 4.90 Å². The van der Waals surface area contributed by atoms with Crippen molar-refractivity contribution in [2.45, 2.75) is 23.8 Å². The number of sulfonamides is 1. The number of likely N-dealkylation sites (tertiary alicyclic amines) is 1. The molecule has 4 nitrogen and oxygen atoms in total. The first-order chi connectivity index (χ1) is 12.3. The summed E-state index contributed by atoms with van der Waals surface area (Å²) < 4.78 is 55.6. The summed E-state index contributed by atoms with van der Waals surface area (Å²) in [6.07, 6.45) is 1.32. The van der Waals surface area contributed by atoms with Gasteiger partial charge in [0.2, 0.25) is 0 Å². The predicted molar refractivity (Wildman–Crippen MR) is 101 cm³/mol. The van der Waals surface area contributed by atoms with E-state index >= 15 is 0 Å². The maximum absolute atomic E-state index is 13.7. The van der Waals surface area contributed by atoms with Crippen LogP contribution in [0, 0.1) is 11.6 Å². The molecule has 0 spiro atoms. The van der Waals surface area contributed by atoms with Crippen molar-refractivity contribution in [2.24, 2.45) is 0 Å². The third-order valence-electron chi connectivity index (χ3n) is 4.55. The van der Waals surface area contributed by atoms with Crippen molar-refractivity contribution in [3.8, 4) is 0 Å². The average Bonchev–Trinajstić information content (AvgIpc) is 2.60. The Labute approximate surface area is 160 Å². The third-order valence-corrected chi connectivity index (χ3v) is 6.95. The highest BCUT2D eigenvalue weighted by Crippen LogP contribution is 2.31. The lowest BCUT2D eigenvalue weighted by atomic mass is 10.1. The molecule has 0 N–H and O–H groups in total. The molecular formula is C18H19BrF2N2O2S. The summed E-state index contributed by atoms with van der Waals surface area (Å²) in [5.41, 5.74) is 0.507. The second-order valence-corrected chi connectivity index (χ2v) is 9.12. The lowest BCUT2D eigenvalue weighted by Gasteiger charge is -2.37. The highest BCUT2D eigenvalue weighted by molar-refractivity contribution is 9.10. The van der Waals surface area contributed by atoms with E-state index < -0.39 is 21.7 Å². The molecule has 0 amide bonds. The lowest BCUT2D eigenvalue weighted by Crippen LogP contribution is -2.46.